The molecule has 8 heavy (non-hydrogen) atoms. The molecule has 0 unspecified atom stereocenters. The Morgan fingerprint density at radius 1 is 1.75 bits per heavy atom. The van der Waals surface area contributed by atoms with Gasteiger partial charge in [-0.05, 0) is 0 Å². The second kappa shape index (κ2) is 2.90. The van der Waals surface area contributed by atoms with Crippen molar-refractivity contribution in [2.75, 3.05) is 0 Å². The number of carboxylic acid groups (broad SMARTS) is 1. The van der Waals surface area contributed by atoms with E-state index < -0.39 is 11.7 Å². The summed E-state index contributed by atoms with van der Waals surface area (Å²) in [5.41, 5.74) is -0.444. The number of rotatable bonds is 3. The van der Waals surface area contributed by atoms with Crippen LogP contribution < -0.4 is 0 Å². The molecule has 3 N–H and O–H groups in total. The Balaban J connectivity index is 3.65. The van der Waals surface area contributed by atoms with Gasteiger partial charge >= 0.3 is 5.97 Å². The third-order valence-corrected chi connectivity index (χ3v) is 0.564. The smallest absolute Gasteiger partial charge is 0.349 e. The number of aliphatic carboxylic acids is 1. The Morgan fingerprint density at radius 2 is 2.25 bits per heavy atom. The molecule has 0 aliphatic rings. The quantitative estimate of drug-likeness (QED) is 0.455. The van der Waals surface area contributed by atoms with Gasteiger partial charge < -0.3 is 10.5 Å². The van der Waals surface area contributed by atoms with Gasteiger partial charge in [0, 0.05) is 12.6 Å². The monoisotopic (exact) mass is 114 g/mol. The van der Waals surface area contributed by atoms with Crippen LogP contribution in [0.5, 0.6) is 0 Å². The predicted octanol–water partition coefficient (Wildman–Crippen LogP) is 0.130. The molecule has 0 rings (SSSR count). The first-order valence-electron chi connectivity index (χ1n) is 1.98. The van der Waals surface area contributed by atoms with Crippen molar-refractivity contribution in [3.63, 3.8) is 0 Å². The average molecular weight is 114 g/mol. The Bertz CT molecular complexity index is 130. The standard InChI is InChI=1S/C4H6N2O2/c5-2-1-3(6)4(7)8/h2,5-6H,1H2,(H,7,8). The zero-order valence-electron chi connectivity index (χ0n) is 4.14. The van der Waals surface area contributed by atoms with Crippen molar-refractivity contribution in [2.45, 2.75) is 6.42 Å². The van der Waals surface area contributed by atoms with Crippen LogP contribution in [0, 0.1) is 10.8 Å². The number of carboxylic acids is 1. The van der Waals surface area contributed by atoms with Crippen molar-refractivity contribution in [1.82, 2.24) is 0 Å². The molecule has 44 valence electrons. The van der Waals surface area contributed by atoms with Gasteiger partial charge in [-0.2, -0.15) is 0 Å². The zero-order valence-corrected chi connectivity index (χ0v) is 4.14. The van der Waals surface area contributed by atoms with E-state index in [1.165, 1.54) is 0 Å². The highest BCUT2D eigenvalue weighted by atomic mass is 16.4. The van der Waals surface area contributed by atoms with Gasteiger partial charge in [-0.25, -0.2) is 4.79 Å². The maximum Gasteiger partial charge on any atom is 0.349 e. The summed E-state index contributed by atoms with van der Waals surface area (Å²) in [5, 5.41) is 21.0. The summed E-state index contributed by atoms with van der Waals surface area (Å²) in [6.45, 7) is 0. The zero-order chi connectivity index (χ0) is 6.57. The molecule has 0 aromatic carbocycles. The topological polar surface area (TPSA) is 85.0 Å². The largest absolute Gasteiger partial charge is 0.477 e. The fourth-order valence-electron chi connectivity index (χ4n) is 0.189. The molecule has 0 bridgehead atoms. The summed E-state index contributed by atoms with van der Waals surface area (Å²) in [4.78, 5) is 9.76. The van der Waals surface area contributed by atoms with Gasteiger partial charge in [-0.15, -0.1) is 0 Å². The van der Waals surface area contributed by atoms with E-state index >= 15 is 0 Å². The Labute approximate surface area is 46.2 Å². The van der Waals surface area contributed by atoms with Gasteiger partial charge in [0.05, 0.1) is 0 Å². The molecule has 0 aromatic rings. The van der Waals surface area contributed by atoms with Crippen molar-refractivity contribution in [3.8, 4) is 0 Å². The number of nitrogens with one attached hydrogen (secondary N) is 2. The lowest BCUT2D eigenvalue weighted by molar-refractivity contribution is -0.129. The molecule has 0 saturated carbocycles. The molecule has 0 aliphatic heterocycles. The average Bonchev–Trinajstić information content (AvgIpc) is 1.67. The molecule has 0 aliphatic carbocycles. The van der Waals surface area contributed by atoms with Crippen LogP contribution in [0.2, 0.25) is 0 Å². The summed E-state index contributed by atoms with van der Waals surface area (Å²) >= 11 is 0. The predicted molar refractivity (Wildman–Crippen MR) is 28.8 cm³/mol. The minimum absolute atomic E-state index is 0.0880. The first kappa shape index (κ1) is 6.81. The van der Waals surface area contributed by atoms with Gasteiger partial charge in [-0.3, -0.25) is 5.41 Å². The molecule has 0 aromatic heterocycles. The lowest BCUT2D eigenvalue weighted by Gasteiger charge is -1.86. The Hall–Kier alpha value is -1.19. The third kappa shape index (κ3) is 2.07. The van der Waals surface area contributed by atoms with Crippen LogP contribution in [0.4, 0.5) is 0 Å². The molecule has 0 amide bonds. The van der Waals surface area contributed by atoms with Crippen molar-refractivity contribution >= 4 is 17.9 Å². The van der Waals surface area contributed by atoms with Gasteiger partial charge in [-0.1, -0.05) is 0 Å². The molecule has 0 radical (unpaired) electrons. The van der Waals surface area contributed by atoms with Crippen LogP contribution >= 0.6 is 0 Å². The molecule has 0 fully saturated rings. The van der Waals surface area contributed by atoms with Crippen LogP contribution in [-0.4, -0.2) is 23.0 Å². The van der Waals surface area contributed by atoms with Crippen LogP contribution in [-0.2, 0) is 4.79 Å². The summed E-state index contributed by atoms with van der Waals surface area (Å²) in [5.74, 6) is -1.26. The van der Waals surface area contributed by atoms with E-state index in [1.54, 1.807) is 0 Å². The highest BCUT2D eigenvalue weighted by Crippen LogP contribution is 1.76. The first-order chi connectivity index (χ1) is 3.68. The second-order valence-electron chi connectivity index (χ2n) is 1.19. The number of hydrogen-bond donors (Lipinski definition) is 3. The summed E-state index contributed by atoms with van der Waals surface area (Å²) in [6.07, 6.45) is 0.797. The van der Waals surface area contributed by atoms with E-state index in [9.17, 15) is 4.79 Å². The van der Waals surface area contributed by atoms with E-state index in [-0.39, 0.29) is 6.42 Å². The number of carbonyl (C=O) groups is 1. The SMILES string of the molecule is N=CCC(=N)C(=O)O. The first-order valence-corrected chi connectivity index (χ1v) is 1.98. The van der Waals surface area contributed by atoms with Gasteiger partial charge in [0.15, 0.2) is 0 Å². The Morgan fingerprint density at radius 3 is 2.38 bits per heavy atom. The molecular weight excluding hydrogens is 108 g/mol. The highest BCUT2D eigenvalue weighted by molar-refractivity contribution is 6.36. The molecule has 0 heterocycles. The van der Waals surface area contributed by atoms with Gasteiger partial charge in [0.2, 0.25) is 0 Å². The minimum atomic E-state index is -1.26. The van der Waals surface area contributed by atoms with Crippen molar-refractivity contribution in [2.24, 2.45) is 0 Å². The highest BCUT2D eigenvalue weighted by Gasteiger charge is 2.01. The van der Waals surface area contributed by atoms with Crippen molar-refractivity contribution < 1.29 is 9.90 Å². The molecule has 0 atom stereocenters. The summed E-state index contributed by atoms with van der Waals surface area (Å²) < 4.78 is 0. The maximum atomic E-state index is 9.76. The summed E-state index contributed by atoms with van der Waals surface area (Å²) in [7, 11) is 0. The van der Waals surface area contributed by atoms with E-state index in [0.29, 0.717) is 0 Å². The molecular formula is C4H6N2O2. The van der Waals surface area contributed by atoms with E-state index in [2.05, 4.69) is 0 Å². The minimum Gasteiger partial charge on any atom is -0.477 e. The lowest BCUT2D eigenvalue weighted by atomic mass is 10.3. The Kier molecular flexibility index (Phi) is 2.47. The van der Waals surface area contributed by atoms with E-state index in [4.69, 9.17) is 15.9 Å². The fraction of sp³-hybridized carbons (Fsp3) is 0.250. The normalized spacial score (nSPS) is 8.00. The van der Waals surface area contributed by atoms with Crippen LogP contribution in [0.1, 0.15) is 6.42 Å². The maximum absolute atomic E-state index is 9.76. The fourth-order valence-corrected chi connectivity index (χ4v) is 0.189. The van der Waals surface area contributed by atoms with Gasteiger partial charge in [0.1, 0.15) is 5.71 Å². The lowest BCUT2D eigenvalue weighted by Crippen LogP contribution is -2.10. The van der Waals surface area contributed by atoms with Gasteiger partial charge in [0.25, 0.3) is 0 Å². The summed E-state index contributed by atoms with van der Waals surface area (Å²) in [6, 6.07) is 0. The van der Waals surface area contributed by atoms with E-state index in [1.807, 2.05) is 0 Å². The molecule has 0 spiro atoms. The second-order valence-corrected chi connectivity index (χ2v) is 1.19. The van der Waals surface area contributed by atoms with Crippen molar-refractivity contribution in [3.05, 3.63) is 0 Å². The van der Waals surface area contributed by atoms with Crippen LogP contribution in [0.15, 0.2) is 0 Å². The molecule has 4 heteroatoms. The molecule has 4 nitrogen and oxygen atoms in total. The van der Waals surface area contributed by atoms with Crippen LogP contribution in [0.3, 0.4) is 0 Å². The van der Waals surface area contributed by atoms with Crippen LogP contribution in [0.25, 0.3) is 0 Å². The molecule has 0 saturated heterocycles. The number of hydrogen-bond acceptors (Lipinski definition) is 3. The third-order valence-electron chi connectivity index (χ3n) is 0.564. The van der Waals surface area contributed by atoms with Crippen molar-refractivity contribution in [1.29, 1.82) is 10.8 Å². The van der Waals surface area contributed by atoms with E-state index in [0.717, 1.165) is 6.21 Å².